The van der Waals surface area contributed by atoms with Crippen molar-refractivity contribution in [2.75, 3.05) is 12.4 Å². The van der Waals surface area contributed by atoms with Crippen molar-refractivity contribution in [1.29, 1.82) is 0 Å². The molecule has 0 heterocycles. The third-order valence-electron chi connectivity index (χ3n) is 2.46. The van der Waals surface area contributed by atoms with Crippen LogP contribution in [0.4, 0.5) is 36.4 Å². The number of benzene rings is 1. The lowest BCUT2D eigenvalue weighted by atomic mass is 10.2. The fourth-order valence-corrected chi connectivity index (χ4v) is 1.36. The highest BCUT2D eigenvalue weighted by Gasteiger charge is 2.67. The number of ether oxygens (including phenoxy) is 2. The zero-order valence-corrected chi connectivity index (χ0v) is 11.6. The summed E-state index contributed by atoms with van der Waals surface area (Å²) in [7, 11) is 1.06. The number of anilines is 1. The number of halogens is 7. The van der Waals surface area contributed by atoms with E-state index in [1.807, 2.05) is 4.74 Å². The number of amides is 1. The number of esters is 1. The van der Waals surface area contributed by atoms with E-state index >= 15 is 0 Å². The summed E-state index contributed by atoms with van der Waals surface area (Å²) >= 11 is 0. The first kappa shape index (κ1) is 19.7. The van der Waals surface area contributed by atoms with Crippen LogP contribution in [0.1, 0.15) is 10.4 Å². The standard InChI is InChI=1S/C12H8F7NO4/c1-23-8(21)6-2-4-7(5-3-6)20-9(22)10(13,14)11(15,16)24-12(17,18)19/h2-5H,1H3,(H,20,22). The molecule has 0 radical (unpaired) electrons. The Labute approximate surface area is 129 Å². The van der Waals surface area contributed by atoms with Crippen LogP contribution in [-0.4, -0.2) is 37.4 Å². The first-order valence-electron chi connectivity index (χ1n) is 5.82. The van der Waals surface area contributed by atoms with Gasteiger partial charge in [-0.15, -0.1) is 13.2 Å². The molecule has 1 aromatic rings. The van der Waals surface area contributed by atoms with Gasteiger partial charge in [0.1, 0.15) is 0 Å². The molecule has 24 heavy (non-hydrogen) atoms. The van der Waals surface area contributed by atoms with Crippen LogP contribution in [0.5, 0.6) is 0 Å². The van der Waals surface area contributed by atoms with E-state index in [-0.39, 0.29) is 5.56 Å². The van der Waals surface area contributed by atoms with E-state index in [9.17, 15) is 40.3 Å². The Kier molecular flexibility index (Phi) is 5.43. The molecule has 0 aliphatic carbocycles. The summed E-state index contributed by atoms with van der Waals surface area (Å²) in [6.45, 7) is 0. The van der Waals surface area contributed by atoms with Gasteiger partial charge in [0.15, 0.2) is 0 Å². The zero-order valence-electron chi connectivity index (χ0n) is 11.6. The van der Waals surface area contributed by atoms with E-state index in [0.29, 0.717) is 0 Å². The molecule has 0 spiro atoms. The third-order valence-corrected chi connectivity index (χ3v) is 2.46. The van der Waals surface area contributed by atoms with Gasteiger partial charge in [-0.05, 0) is 24.3 Å². The maximum absolute atomic E-state index is 13.2. The van der Waals surface area contributed by atoms with Gasteiger partial charge in [-0.3, -0.25) is 4.79 Å². The summed E-state index contributed by atoms with van der Waals surface area (Å²) in [5.74, 6) is -9.35. The minimum atomic E-state index is -6.12. The number of hydrogen-bond donors (Lipinski definition) is 1. The zero-order chi connectivity index (χ0) is 18.8. The number of rotatable bonds is 5. The van der Waals surface area contributed by atoms with Gasteiger partial charge in [0.25, 0.3) is 0 Å². The molecule has 0 aromatic heterocycles. The Morgan fingerprint density at radius 2 is 1.46 bits per heavy atom. The second kappa shape index (κ2) is 6.63. The third kappa shape index (κ3) is 4.57. The van der Waals surface area contributed by atoms with Gasteiger partial charge in [-0.25, -0.2) is 9.53 Å². The number of nitrogens with one attached hydrogen (secondary N) is 1. The second-order valence-corrected chi connectivity index (χ2v) is 4.16. The largest absolute Gasteiger partial charge is 0.527 e. The van der Waals surface area contributed by atoms with E-state index in [0.717, 1.165) is 31.4 Å². The van der Waals surface area contributed by atoms with Gasteiger partial charge in [0, 0.05) is 5.69 Å². The molecular weight excluding hydrogens is 355 g/mol. The molecule has 0 bridgehead atoms. The molecule has 12 heteroatoms. The maximum atomic E-state index is 13.2. The van der Waals surface area contributed by atoms with E-state index in [1.54, 1.807) is 0 Å². The van der Waals surface area contributed by atoms with Gasteiger partial charge in [-0.2, -0.15) is 17.6 Å². The van der Waals surface area contributed by atoms with Crippen molar-refractivity contribution in [3.63, 3.8) is 0 Å². The number of carbonyl (C=O) groups is 2. The van der Waals surface area contributed by atoms with Crippen LogP contribution in [-0.2, 0) is 14.3 Å². The number of methoxy groups -OCH3 is 1. The topological polar surface area (TPSA) is 64.6 Å². The van der Waals surface area contributed by atoms with Gasteiger partial charge in [-0.1, -0.05) is 0 Å². The quantitative estimate of drug-likeness (QED) is 0.645. The molecule has 1 amide bonds. The van der Waals surface area contributed by atoms with Crippen molar-refractivity contribution in [3.8, 4) is 0 Å². The SMILES string of the molecule is COC(=O)c1ccc(NC(=O)C(F)(F)C(F)(F)OC(F)(F)F)cc1. The van der Waals surface area contributed by atoms with Crippen molar-refractivity contribution >= 4 is 17.6 Å². The van der Waals surface area contributed by atoms with Gasteiger partial charge in [0.2, 0.25) is 0 Å². The van der Waals surface area contributed by atoms with Gasteiger partial charge < -0.3 is 10.1 Å². The van der Waals surface area contributed by atoms with Crippen LogP contribution in [0.15, 0.2) is 24.3 Å². The molecule has 1 N–H and O–H groups in total. The number of alkyl halides is 7. The molecule has 5 nitrogen and oxygen atoms in total. The highest BCUT2D eigenvalue weighted by atomic mass is 19.4. The Morgan fingerprint density at radius 1 is 0.958 bits per heavy atom. The molecule has 0 saturated heterocycles. The van der Waals surface area contributed by atoms with Crippen molar-refractivity contribution in [3.05, 3.63) is 29.8 Å². The minimum absolute atomic E-state index is 0.0482. The first-order chi connectivity index (χ1) is 10.8. The van der Waals surface area contributed by atoms with Crippen molar-refractivity contribution in [2.24, 2.45) is 0 Å². The molecular formula is C12H8F7NO4. The van der Waals surface area contributed by atoms with Crippen LogP contribution < -0.4 is 5.32 Å². The Balaban J connectivity index is 2.91. The van der Waals surface area contributed by atoms with Crippen molar-refractivity contribution in [2.45, 2.75) is 18.4 Å². The van der Waals surface area contributed by atoms with E-state index in [2.05, 4.69) is 4.74 Å². The average Bonchev–Trinajstić information content (AvgIpc) is 2.44. The van der Waals surface area contributed by atoms with E-state index in [1.165, 1.54) is 5.32 Å². The average molecular weight is 363 g/mol. The molecule has 0 aliphatic heterocycles. The molecule has 0 fully saturated rings. The molecule has 134 valence electrons. The summed E-state index contributed by atoms with van der Waals surface area (Å²) in [4.78, 5) is 22.3. The van der Waals surface area contributed by atoms with Crippen molar-refractivity contribution in [1.82, 2.24) is 0 Å². The van der Waals surface area contributed by atoms with Crippen LogP contribution >= 0.6 is 0 Å². The summed E-state index contributed by atoms with van der Waals surface area (Å²) in [6.07, 6.45) is -12.2. The van der Waals surface area contributed by atoms with E-state index < -0.39 is 36.0 Å². The molecule has 0 saturated carbocycles. The number of hydrogen-bond acceptors (Lipinski definition) is 4. The van der Waals surface area contributed by atoms with Crippen LogP contribution in [0.25, 0.3) is 0 Å². The minimum Gasteiger partial charge on any atom is -0.465 e. The highest BCUT2D eigenvalue weighted by molar-refractivity contribution is 5.97. The normalized spacial score (nSPS) is 12.7. The predicted octanol–water partition coefficient (Wildman–Crippen LogP) is 3.18. The summed E-state index contributed by atoms with van der Waals surface area (Å²) < 4.78 is 93.6. The Bertz CT molecular complexity index is 613. The van der Waals surface area contributed by atoms with Crippen LogP contribution in [0.3, 0.4) is 0 Å². The summed E-state index contributed by atoms with van der Waals surface area (Å²) in [6, 6.07) is 3.76. The van der Waals surface area contributed by atoms with Crippen molar-refractivity contribution < 1.29 is 49.8 Å². The fraction of sp³-hybridized carbons (Fsp3) is 0.333. The molecule has 0 unspecified atom stereocenters. The second-order valence-electron chi connectivity index (χ2n) is 4.16. The Hall–Kier alpha value is -2.37. The summed E-state index contributed by atoms with van der Waals surface area (Å²) in [5, 5.41) is 1.29. The highest BCUT2D eigenvalue weighted by Crippen LogP contribution is 2.40. The van der Waals surface area contributed by atoms with Crippen LogP contribution in [0.2, 0.25) is 0 Å². The lowest BCUT2D eigenvalue weighted by Crippen LogP contribution is -2.53. The lowest BCUT2D eigenvalue weighted by molar-refractivity contribution is -0.457. The van der Waals surface area contributed by atoms with Crippen LogP contribution in [0, 0.1) is 0 Å². The van der Waals surface area contributed by atoms with Gasteiger partial charge >= 0.3 is 30.3 Å². The lowest BCUT2D eigenvalue weighted by Gasteiger charge is -2.25. The Morgan fingerprint density at radius 3 is 1.88 bits per heavy atom. The first-order valence-corrected chi connectivity index (χ1v) is 5.82. The molecule has 1 aromatic carbocycles. The molecule has 0 atom stereocenters. The predicted molar refractivity (Wildman–Crippen MR) is 63.4 cm³/mol. The van der Waals surface area contributed by atoms with Gasteiger partial charge in [0.05, 0.1) is 12.7 Å². The van der Waals surface area contributed by atoms with E-state index in [4.69, 9.17) is 0 Å². The fourth-order valence-electron chi connectivity index (χ4n) is 1.36. The monoisotopic (exact) mass is 363 g/mol. The smallest absolute Gasteiger partial charge is 0.465 e. The molecule has 1 rings (SSSR count). The maximum Gasteiger partial charge on any atom is 0.527 e. The molecule has 0 aliphatic rings. The summed E-state index contributed by atoms with van der Waals surface area (Å²) in [5.41, 5.74) is -0.525. The number of carbonyl (C=O) groups excluding carboxylic acids is 2.